The maximum Gasteiger partial charge on any atom is 0.146 e. The minimum atomic E-state index is -0.285. The Morgan fingerprint density at radius 1 is 1.06 bits per heavy atom. The molecule has 0 aliphatic carbocycles. The molecule has 2 heteroatoms. The molecular formula is C14H13NO. The van der Waals surface area contributed by atoms with E-state index in [1.165, 1.54) is 11.1 Å². The molecule has 16 heavy (non-hydrogen) atoms. The van der Waals surface area contributed by atoms with Crippen molar-refractivity contribution in [1.29, 1.82) is 0 Å². The van der Waals surface area contributed by atoms with Crippen LogP contribution in [0.5, 0.6) is 5.75 Å². The van der Waals surface area contributed by atoms with Crippen molar-refractivity contribution in [3.8, 4) is 17.0 Å². The SMILES string of the molecule is CC1(C)Oc2cccnc2-c2ccccc21. The Bertz CT molecular complexity index is 546. The van der Waals surface area contributed by atoms with Gasteiger partial charge in [-0.05, 0) is 26.0 Å². The highest BCUT2D eigenvalue weighted by Gasteiger charge is 2.32. The molecule has 0 bridgehead atoms. The molecule has 0 radical (unpaired) electrons. The van der Waals surface area contributed by atoms with Gasteiger partial charge in [-0.25, -0.2) is 0 Å². The van der Waals surface area contributed by atoms with Gasteiger partial charge in [0.05, 0.1) is 0 Å². The topological polar surface area (TPSA) is 22.1 Å². The largest absolute Gasteiger partial charge is 0.481 e. The predicted molar refractivity (Wildman–Crippen MR) is 63.3 cm³/mol. The van der Waals surface area contributed by atoms with E-state index < -0.39 is 0 Å². The van der Waals surface area contributed by atoms with Crippen molar-refractivity contribution in [2.45, 2.75) is 19.4 Å². The lowest BCUT2D eigenvalue weighted by Crippen LogP contribution is -2.29. The molecule has 0 spiro atoms. The van der Waals surface area contributed by atoms with Gasteiger partial charge in [0.2, 0.25) is 0 Å². The number of rotatable bonds is 0. The van der Waals surface area contributed by atoms with Gasteiger partial charge in [0.1, 0.15) is 17.0 Å². The number of hydrogen-bond donors (Lipinski definition) is 0. The van der Waals surface area contributed by atoms with Gasteiger partial charge in [0, 0.05) is 17.3 Å². The maximum atomic E-state index is 5.98. The number of nitrogens with zero attached hydrogens (tertiary/aromatic N) is 1. The first-order valence-corrected chi connectivity index (χ1v) is 5.42. The van der Waals surface area contributed by atoms with Crippen molar-refractivity contribution in [2.24, 2.45) is 0 Å². The fraction of sp³-hybridized carbons (Fsp3) is 0.214. The summed E-state index contributed by atoms with van der Waals surface area (Å²) in [6.45, 7) is 4.17. The molecule has 80 valence electrons. The summed E-state index contributed by atoms with van der Waals surface area (Å²) in [6.07, 6.45) is 1.80. The van der Waals surface area contributed by atoms with E-state index in [2.05, 4.69) is 31.0 Å². The number of fused-ring (bicyclic) bond motifs is 3. The highest BCUT2D eigenvalue weighted by molar-refractivity contribution is 5.72. The van der Waals surface area contributed by atoms with Gasteiger partial charge >= 0.3 is 0 Å². The summed E-state index contributed by atoms with van der Waals surface area (Å²) < 4.78 is 5.98. The summed E-state index contributed by atoms with van der Waals surface area (Å²) >= 11 is 0. The molecule has 0 N–H and O–H groups in total. The van der Waals surface area contributed by atoms with Crippen LogP contribution >= 0.6 is 0 Å². The molecule has 2 heterocycles. The van der Waals surface area contributed by atoms with Crippen LogP contribution in [-0.2, 0) is 5.60 Å². The van der Waals surface area contributed by atoms with Gasteiger partial charge < -0.3 is 4.74 Å². The van der Waals surface area contributed by atoms with Gasteiger partial charge in [0.15, 0.2) is 0 Å². The molecule has 3 rings (SSSR count). The van der Waals surface area contributed by atoms with E-state index in [1.807, 2.05) is 24.3 Å². The monoisotopic (exact) mass is 211 g/mol. The fourth-order valence-electron chi connectivity index (χ4n) is 2.22. The van der Waals surface area contributed by atoms with Gasteiger partial charge in [-0.15, -0.1) is 0 Å². The van der Waals surface area contributed by atoms with Crippen LogP contribution in [-0.4, -0.2) is 4.98 Å². The van der Waals surface area contributed by atoms with Crippen LogP contribution < -0.4 is 4.74 Å². The van der Waals surface area contributed by atoms with Gasteiger partial charge in [0.25, 0.3) is 0 Å². The Hall–Kier alpha value is -1.83. The lowest BCUT2D eigenvalue weighted by molar-refractivity contribution is 0.105. The zero-order chi connectivity index (χ0) is 11.2. The predicted octanol–water partition coefficient (Wildman–Crippen LogP) is 3.38. The van der Waals surface area contributed by atoms with Crippen LogP contribution in [0.3, 0.4) is 0 Å². The van der Waals surface area contributed by atoms with Gasteiger partial charge in [-0.1, -0.05) is 24.3 Å². The Morgan fingerprint density at radius 3 is 2.75 bits per heavy atom. The molecule has 0 atom stereocenters. The quantitative estimate of drug-likeness (QED) is 0.666. The van der Waals surface area contributed by atoms with Crippen LogP contribution in [0.1, 0.15) is 19.4 Å². The van der Waals surface area contributed by atoms with Crippen LogP contribution in [0.4, 0.5) is 0 Å². The average Bonchev–Trinajstić information content (AvgIpc) is 2.29. The lowest BCUT2D eigenvalue weighted by Gasteiger charge is -2.34. The second-order valence-corrected chi connectivity index (χ2v) is 4.51. The van der Waals surface area contributed by atoms with Gasteiger partial charge in [-0.3, -0.25) is 4.98 Å². The molecule has 2 nitrogen and oxygen atoms in total. The molecule has 0 unspecified atom stereocenters. The number of hydrogen-bond acceptors (Lipinski definition) is 2. The van der Waals surface area contributed by atoms with E-state index in [9.17, 15) is 0 Å². The molecule has 0 amide bonds. The summed E-state index contributed by atoms with van der Waals surface area (Å²) in [6, 6.07) is 12.2. The molecule has 2 aromatic rings. The third kappa shape index (κ3) is 1.23. The molecular weight excluding hydrogens is 198 g/mol. The zero-order valence-electron chi connectivity index (χ0n) is 9.40. The van der Waals surface area contributed by atoms with Crippen molar-refractivity contribution in [1.82, 2.24) is 4.98 Å². The summed E-state index contributed by atoms with van der Waals surface area (Å²) in [7, 11) is 0. The van der Waals surface area contributed by atoms with Crippen molar-refractivity contribution < 1.29 is 4.74 Å². The minimum Gasteiger partial charge on any atom is -0.481 e. The standard InChI is InChI=1S/C14H13NO/c1-14(2)11-7-4-3-6-10(11)13-12(16-14)8-5-9-15-13/h3-9H,1-2H3. The van der Waals surface area contributed by atoms with E-state index in [0.29, 0.717) is 0 Å². The minimum absolute atomic E-state index is 0.285. The molecule has 0 saturated heterocycles. The Labute approximate surface area is 94.9 Å². The normalized spacial score (nSPS) is 15.9. The van der Waals surface area contributed by atoms with Crippen molar-refractivity contribution in [3.63, 3.8) is 0 Å². The number of benzene rings is 1. The smallest absolute Gasteiger partial charge is 0.146 e. The van der Waals surface area contributed by atoms with Crippen molar-refractivity contribution in [3.05, 3.63) is 48.2 Å². The Balaban J connectivity index is 2.33. The number of ether oxygens (including phenoxy) is 1. The molecule has 1 aromatic heterocycles. The van der Waals surface area contributed by atoms with Crippen LogP contribution in [0.25, 0.3) is 11.3 Å². The summed E-state index contributed by atoms with van der Waals surface area (Å²) in [4.78, 5) is 4.40. The summed E-state index contributed by atoms with van der Waals surface area (Å²) in [5.41, 5.74) is 3.03. The van der Waals surface area contributed by atoms with E-state index in [-0.39, 0.29) is 5.60 Å². The van der Waals surface area contributed by atoms with E-state index in [0.717, 1.165) is 11.4 Å². The average molecular weight is 211 g/mol. The first kappa shape index (κ1) is 9.40. The second-order valence-electron chi connectivity index (χ2n) is 4.51. The molecule has 1 aliphatic heterocycles. The second kappa shape index (κ2) is 3.08. The first-order chi connectivity index (χ1) is 7.68. The Kier molecular flexibility index (Phi) is 1.81. The summed E-state index contributed by atoms with van der Waals surface area (Å²) in [5, 5.41) is 0. The van der Waals surface area contributed by atoms with Crippen LogP contribution in [0.15, 0.2) is 42.6 Å². The number of aromatic nitrogens is 1. The molecule has 0 saturated carbocycles. The zero-order valence-corrected chi connectivity index (χ0v) is 9.40. The fourth-order valence-corrected chi connectivity index (χ4v) is 2.22. The Morgan fingerprint density at radius 2 is 1.88 bits per heavy atom. The van der Waals surface area contributed by atoms with Crippen LogP contribution in [0.2, 0.25) is 0 Å². The number of pyridine rings is 1. The third-order valence-electron chi connectivity index (χ3n) is 2.97. The van der Waals surface area contributed by atoms with E-state index in [4.69, 9.17) is 4.74 Å². The highest BCUT2D eigenvalue weighted by Crippen LogP contribution is 2.43. The van der Waals surface area contributed by atoms with Crippen molar-refractivity contribution in [2.75, 3.05) is 0 Å². The molecule has 1 aromatic carbocycles. The maximum absolute atomic E-state index is 5.98. The van der Waals surface area contributed by atoms with Gasteiger partial charge in [-0.2, -0.15) is 0 Å². The summed E-state index contributed by atoms with van der Waals surface area (Å²) in [5.74, 6) is 0.867. The first-order valence-electron chi connectivity index (χ1n) is 5.42. The lowest BCUT2D eigenvalue weighted by atomic mass is 9.88. The molecule has 0 fully saturated rings. The highest BCUT2D eigenvalue weighted by atomic mass is 16.5. The molecule has 1 aliphatic rings. The van der Waals surface area contributed by atoms with E-state index in [1.54, 1.807) is 6.20 Å². The van der Waals surface area contributed by atoms with Crippen LogP contribution in [0, 0.1) is 0 Å². The van der Waals surface area contributed by atoms with E-state index >= 15 is 0 Å². The third-order valence-corrected chi connectivity index (χ3v) is 2.97. The van der Waals surface area contributed by atoms with Crippen molar-refractivity contribution >= 4 is 0 Å².